The van der Waals surface area contributed by atoms with Crippen molar-refractivity contribution in [2.75, 3.05) is 13.7 Å². The van der Waals surface area contributed by atoms with Crippen LogP contribution in [-0.4, -0.2) is 38.8 Å². The molecule has 0 radical (unpaired) electrons. The summed E-state index contributed by atoms with van der Waals surface area (Å²) in [5, 5.41) is 22.5. The monoisotopic (exact) mass is 522 g/mol. The van der Waals surface area contributed by atoms with Gasteiger partial charge in [0.2, 0.25) is 6.29 Å². The second-order valence-electron chi connectivity index (χ2n) is 6.82. The van der Waals surface area contributed by atoms with Crippen molar-refractivity contribution in [1.82, 2.24) is 20.0 Å². The summed E-state index contributed by atoms with van der Waals surface area (Å²) in [6, 6.07) is 13.1. The number of methoxy groups -OCH3 is 1. The van der Waals surface area contributed by atoms with Gasteiger partial charge in [-0.1, -0.05) is 46.6 Å². The first-order chi connectivity index (χ1) is 16.0. The molecule has 0 aliphatic carbocycles. The number of thiazole rings is 1. The summed E-state index contributed by atoms with van der Waals surface area (Å²) in [6.07, 6.45) is -1.18. The minimum absolute atomic E-state index is 0.343. The van der Waals surface area contributed by atoms with Gasteiger partial charge < -0.3 is 14.6 Å². The van der Waals surface area contributed by atoms with Gasteiger partial charge in [-0.15, -0.1) is 16.4 Å². The van der Waals surface area contributed by atoms with Crippen molar-refractivity contribution >= 4 is 46.3 Å². The van der Waals surface area contributed by atoms with Gasteiger partial charge in [0.25, 0.3) is 0 Å². The minimum Gasteiger partial charge on any atom is -0.497 e. The molecule has 4 aromatic rings. The Morgan fingerprint density at radius 2 is 1.94 bits per heavy atom. The Kier molecular flexibility index (Phi) is 7.90. The topological polar surface area (TPSA) is 82.3 Å². The van der Waals surface area contributed by atoms with E-state index in [9.17, 15) is 5.11 Å². The highest BCUT2D eigenvalue weighted by molar-refractivity contribution is 8.01. The van der Waals surface area contributed by atoms with E-state index in [2.05, 4.69) is 10.3 Å². The van der Waals surface area contributed by atoms with E-state index >= 15 is 0 Å². The van der Waals surface area contributed by atoms with E-state index in [1.807, 2.05) is 42.6 Å². The van der Waals surface area contributed by atoms with Crippen LogP contribution in [0.4, 0.5) is 0 Å². The standard InChI is InChI=1S/C22H20Cl2N4O3S2/c1-3-31-21(29)19-20(28(27-26-19)11-13-4-7-15(30-2)8-5-13)33-22-25-18(12-32-22)14-6-9-16(23)17(24)10-14/h4-10,12,21,29H,3,11H2,1-2H3. The van der Waals surface area contributed by atoms with Gasteiger partial charge in [-0.3, -0.25) is 0 Å². The average Bonchev–Trinajstić information content (AvgIpc) is 3.44. The maximum absolute atomic E-state index is 10.5. The zero-order valence-electron chi connectivity index (χ0n) is 17.7. The molecule has 2 heterocycles. The van der Waals surface area contributed by atoms with Crippen LogP contribution in [0.15, 0.2) is 57.2 Å². The lowest BCUT2D eigenvalue weighted by atomic mass is 10.2. The molecule has 172 valence electrons. The van der Waals surface area contributed by atoms with Gasteiger partial charge in [0.1, 0.15) is 10.8 Å². The molecule has 0 saturated heterocycles. The number of ether oxygens (including phenoxy) is 2. The number of halogens is 2. The zero-order chi connectivity index (χ0) is 23.4. The lowest BCUT2D eigenvalue weighted by Gasteiger charge is -2.11. The van der Waals surface area contributed by atoms with Crippen LogP contribution >= 0.6 is 46.3 Å². The number of hydrogen-bond acceptors (Lipinski definition) is 8. The molecular weight excluding hydrogens is 503 g/mol. The molecular formula is C22H20Cl2N4O3S2. The van der Waals surface area contributed by atoms with Crippen LogP contribution in [0.25, 0.3) is 11.3 Å². The van der Waals surface area contributed by atoms with Gasteiger partial charge in [0.05, 0.1) is 29.4 Å². The first-order valence-electron chi connectivity index (χ1n) is 9.93. The average molecular weight is 523 g/mol. The fourth-order valence-corrected chi connectivity index (χ4v) is 5.18. The van der Waals surface area contributed by atoms with Crippen LogP contribution in [0.2, 0.25) is 10.0 Å². The van der Waals surface area contributed by atoms with E-state index < -0.39 is 6.29 Å². The highest BCUT2D eigenvalue weighted by atomic mass is 35.5. The summed E-state index contributed by atoms with van der Waals surface area (Å²) in [5.41, 5.74) is 3.01. The van der Waals surface area contributed by atoms with Crippen LogP contribution in [0.1, 0.15) is 24.5 Å². The molecule has 1 unspecified atom stereocenters. The quantitative estimate of drug-likeness (QED) is 0.272. The van der Waals surface area contributed by atoms with Crippen LogP contribution in [0, 0.1) is 0 Å². The molecule has 1 N–H and O–H groups in total. The molecule has 7 nitrogen and oxygen atoms in total. The third kappa shape index (κ3) is 5.68. The van der Waals surface area contributed by atoms with Gasteiger partial charge in [-0.2, -0.15) is 0 Å². The SMILES string of the molecule is CCOC(O)c1nnn(Cc2ccc(OC)cc2)c1Sc1nc(-c2ccc(Cl)c(Cl)c2)cs1. The molecule has 1 atom stereocenters. The summed E-state index contributed by atoms with van der Waals surface area (Å²) >= 11 is 15.0. The molecule has 2 aromatic heterocycles. The summed E-state index contributed by atoms with van der Waals surface area (Å²) in [7, 11) is 1.63. The second kappa shape index (κ2) is 10.9. The largest absolute Gasteiger partial charge is 0.497 e. The fourth-order valence-electron chi connectivity index (χ4n) is 3.00. The molecule has 0 fully saturated rings. The summed E-state index contributed by atoms with van der Waals surface area (Å²) in [6.45, 7) is 2.61. The van der Waals surface area contributed by atoms with Crippen molar-refractivity contribution < 1.29 is 14.6 Å². The van der Waals surface area contributed by atoms with E-state index in [4.69, 9.17) is 37.7 Å². The number of hydrogen-bond donors (Lipinski definition) is 1. The maximum atomic E-state index is 10.5. The normalized spacial score (nSPS) is 12.2. The summed E-state index contributed by atoms with van der Waals surface area (Å²) in [4.78, 5) is 4.72. The third-order valence-corrected chi connectivity index (χ3v) is 7.44. The summed E-state index contributed by atoms with van der Waals surface area (Å²) < 4.78 is 13.1. The number of benzene rings is 2. The van der Waals surface area contributed by atoms with Gasteiger partial charge in [-0.05, 0) is 48.5 Å². The number of aliphatic hydroxyl groups is 1. The van der Waals surface area contributed by atoms with E-state index in [1.165, 1.54) is 23.1 Å². The Balaban J connectivity index is 1.62. The number of aliphatic hydroxyl groups excluding tert-OH is 1. The number of nitrogens with zero attached hydrogens (tertiary/aromatic N) is 4. The Labute approximate surface area is 209 Å². The minimum atomic E-state index is -1.18. The van der Waals surface area contributed by atoms with E-state index in [1.54, 1.807) is 23.9 Å². The number of aromatic nitrogens is 4. The molecule has 11 heteroatoms. The number of rotatable bonds is 9. The molecule has 0 aliphatic heterocycles. The van der Waals surface area contributed by atoms with Crippen LogP contribution in [0.5, 0.6) is 5.75 Å². The zero-order valence-corrected chi connectivity index (χ0v) is 20.9. The lowest BCUT2D eigenvalue weighted by molar-refractivity contribution is -0.102. The van der Waals surface area contributed by atoms with Crippen molar-refractivity contribution in [2.24, 2.45) is 0 Å². The fraction of sp³-hybridized carbons (Fsp3) is 0.227. The molecule has 0 amide bonds. The summed E-state index contributed by atoms with van der Waals surface area (Å²) in [5.74, 6) is 0.775. The van der Waals surface area contributed by atoms with E-state index in [0.29, 0.717) is 33.9 Å². The predicted octanol–water partition coefficient (Wildman–Crippen LogP) is 5.94. The molecule has 0 bridgehead atoms. The molecule has 4 rings (SSSR count). The Morgan fingerprint density at radius 3 is 2.64 bits per heavy atom. The first kappa shape index (κ1) is 24.0. The smallest absolute Gasteiger partial charge is 0.203 e. The van der Waals surface area contributed by atoms with Crippen molar-refractivity contribution in [3.63, 3.8) is 0 Å². The highest BCUT2D eigenvalue weighted by Gasteiger charge is 2.23. The van der Waals surface area contributed by atoms with Gasteiger partial charge >= 0.3 is 0 Å². The predicted molar refractivity (Wildman–Crippen MR) is 130 cm³/mol. The van der Waals surface area contributed by atoms with Gasteiger partial charge in [0, 0.05) is 17.6 Å². The van der Waals surface area contributed by atoms with Gasteiger partial charge in [0.15, 0.2) is 10.0 Å². The molecule has 2 aromatic carbocycles. The van der Waals surface area contributed by atoms with Crippen LogP contribution in [0.3, 0.4) is 0 Å². The molecule has 0 aliphatic rings. The van der Waals surface area contributed by atoms with Crippen molar-refractivity contribution in [3.8, 4) is 17.0 Å². The second-order valence-corrected chi connectivity index (χ2v) is 9.73. The first-order valence-corrected chi connectivity index (χ1v) is 12.4. The van der Waals surface area contributed by atoms with Crippen molar-refractivity contribution in [2.45, 2.75) is 29.1 Å². The highest BCUT2D eigenvalue weighted by Crippen LogP contribution is 2.37. The van der Waals surface area contributed by atoms with Crippen molar-refractivity contribution in [1.29, 1.82) is 0 Å². The molecule has 33 heavy (non-hydrogen) atoms. The van der Waals surface area contributed by atoms with Gasteiger partial charge in [-0.25, -0.2) is 9.67 Å². The van der Waals surface area contributed by atoms with Crippen LogP contribution in [-0.2, 0) is 11.3 Å². The lowest BCUT2D eigenvalue weighted by Crippen LogP contribution is -2.07. The van der Waals surface area contributed by atoms with E-state index in [0.717, 1.165) is 26.9 Å². The Hall–Kier alpha value is -2.14. The Bertz CT molecular complexity index is 1230. The van der Waals surface area contributed by atoms with Crippen molar-refractivity contribution in [3.05, 3.63) is 69.1 Å². The third-order valence-electron chi connectivity index (χ3n) is 4.65. The maximum Gasteiger partial charge on any atom is 0.203 e. The molecule has 0 saturated carbocycles. The molecule has 0 spiro atoms. The van der Waals surface area contributed by atoms with Crippen LogP contribution < -0.4 is 4.74 Å². The Morgan fingerprint density at radius 1 is 1.15 bits per heavy atom. The van der Waals surface area contributed by atoms with E-state index in [-0.39, 0.29) is 0 Å².